The Labute approximate surface area is 91.8 Å². The fourth-order valence-corrected chi connectivity index (χ4v) is 1.30. The van der Waals surface area contributed by atoms with Crippen molar-refractivity contribution < 1.29 is 18.1 Å². The fourth-order valence-electron chi connectivity index (χ4n) is 0.654. The first-order valence-electron chi connectivity index (χ1n) is 3.50. The van der Waals surface area contributed by atoms with Crippen molar-refractivity contribution in [3.63, 3.8) is 0 Å². The van der Waals surface area contributed by atoms with E-state index in [4.69, 9.17) is 11.0 Å². The van der Waals surface area contributed by atoms with Gasteiger partial charge in [0.25, 0.3) is 0 Å². The van der Waals surface area contributed by atoms with Gasteiger partial charge in [-0.15, -0.1) is 0 Å². The summed E-state index contributed by atoms with van der Waals surface area (Å²) >= 11 is -0.845. The van der Waals surface area contributed by atoms with Crippen LogP contribution in [0.15, 0.2) is 15.6 Å². The average molecular weight is 254 g/mol. The van der Waals surface area contributed by atoms with Crippen LogP contribution in [0.1, 0.15) is 0 Å². The lowest BCUT2D eigenvalue weighted by Gasteiger charge is -2.07. The quantitative estimate of drug-likeness (QED) is 0.262. The highest BCUT2D eigenvalue weighted by atomic mass is 32.2. The van der Waals surface area contributed by atoms with E-state index in [1.807, 2.05) is 0 Å². The number of allylic oxidation sites excluding steroid dienone is 1. The van der Waals surface area contributed by atoms with Crippen LogP contribution in [0, 0.1) is 21.4 Å². The molecule has 0 spiro atoms. The van der Waals surface area contributed by atoms with Gasteiger partial charge in [0.2, 0.25) is 0 Å². The van der Waals surface area contributed by atoms with Crippen LogP contribution in [0.3, 0.4) is 0 Å². The van der Waals surface area contributed by atoms with Crippen molar-refractivity contribution in [3.8, 4) is 6.07 Å². The molecule has 0 rings (SSSR count). The van der Waals surface area contributed by atoms with Crippen LogP contribution < -0.4 is 5.73 Å². The molecule has 0 aromatic heterocycles. The predicted octanol–water partition coefficient (Wildman–Crippen LogP) is 1.24. The second-order valence-corrected chi connectivity index (χ2v) is 3.28. The third-order valence-corrected chi connectivity index (χ3v) is 2.01. The van der Waals surface area contributed by atoms with Gasteiger partial charge in [-0.05, 0) is 16.7 Å². The maximum Gasteiger partial charge on any atom is 0.446 e. The molecule has 0 fully saturated rings. The van der Waals surface area contributed by atoms with E-state index in [2.05, 4.69) is 4.99 Å². The first-order chi connectivity index (χ1) is 7.22. The topological polar surface area (TPSA) is 105 Å². The van der Waals surface area contributed by atoms with Crippen molar-refractivity contribution in [1.82, 2.24) is 0 Å². The molecule has 0 aliphatic heterocycles. The number of nitrogens with zero attached hydrogens (tertiary/aromatic N) is 3. The van der Waals surface area contributed by atoms with Gasteiger partial charge in [0.1, 0.15) is 23.7 Å². The lowest BCUT2D eigenvalue weighted by atomic mass is 10.4. The van der Waals surface area contributed by atoms with Crippen LogP contribution in [-0.2, 0) is 0 Å². The first kappa shape index (κ1) is 14.2. The Morgan fingerprint density at radius 1 is 1.62 bits per heavy atom. The van der Waals surface area contributed by atoms with Crippen LogP contribution >= 0.6 is 11.8 Å². The Bertz CT molecular complexity index is 396. The summed E-state index contributed by atoms with van der Waals surface area (Å²) in [6.07, 6.45) is 0. The summed E-state index contributed by atoms with van der Waals surface area (Å²) in [5.74, 6) is -1.10. The van der Waals surface area contributed by atoms with Gasteiger partial charge in [-0.2, -0.15) is 18.4 Å². The maximum atomic E-state index is 12.0. The van der Waals surface area contributed by atoms with Crippen molar-refractivity contribution in [1.29, 1.82) is 5.26 Å². The van der Waals surface area contributed by atoms with E-state index in [1.54, 1.807) is 0 Å². The molecule has 0 aliphatic rings. The largest absolute Gasteiger partial charge is 0.446 e. The summed E-state index contributed by atoms with van der Waals surface area (Å²) in [5, 5.41) is 18.7. The van der Waals surface area contributed by atoms with E-state index in [0.717, 1.165) is 7.05 Å². The van der Waals surface area contributed by atoms with E-state index in [1.165, 1.54) is 6.07 Å². The molecule has 0 amide bonds. The molecule has 10 heteroatoms. The standard InChI is InChI=1S/C6H5F3N4O2S/c1-12-5(13(14)15)4(3(11)2-10)16-6(7,8)9/h11H2,1H3. The molecule has 0 heterocycles. The normalized spacial score (nSPS) is 14.1. The molecule has 6 nitrogen and oxygen atoms in total. The number of nitro groups is 1. The number of rotatable bonds is 2. The lowest BCUT2D eigenvalue weighted by Crippen LogP contribution is -2.19. The van der Waals surface area contributed by atoms with Crippen molar-refractivity contribution >= 4 is 17.6 Å². The van der Waals surface area contributed by atoms with Gasteiger partial charge in [-0.3, -0.25) is 0 Å². The zero-order chi connectivity index (χ0) is 12.9. The average Bonchev–Trinajstić information content (AvgIpc) is 2.13. The summed E-state index contributed by atoms with van der Waals surface area (Å²) in [5.41, 5.74) is -0.741. The predicted molar refractivity (Wildman–Crippen MR) is 50.8 cm³/mol. The number of aliphatic imine (C=N–C) groups is 1. The van der Waals surface area contributed by atoms with Gasteiger partial charge in [0.05, 0.1) is 0 Å². The summed E-state index contributed by atoms with van der Waals surface area (Å²) in [4.78, 5) is 11.3. The third kappa shape index (κ3) is 4.18. The van der Waals surface area contributed by atoms with Gasteiger partial charge >= 0.3 is 11.3 Å². The molecule has 16 heavy (non-hydrogen) atoms. The van der Waals surface area contributed by atoms with E-state index in [0.29, 0.717) is 0 Å². The Morgan fingerprint density at radius 3 is 2.38 bits per heavy atom. The van der Waals surface area contributed by atoms with Crippen LogP contribution in [0.4, 0.5) is 13.2 Å². The second-order valence-electron chi connectivity index (χ2n) is 2.21. The molecular formula is C6H5F3N4O2S. The third-order valence-electron chi connectivity index (χ3n) is 1.17. The smallest absolute Gasteiger partial charge is 0.389 e. The van der Waals surface area contributed by atoms with Gasteiger partial charge in [-0.25, -0.2) is 0 Å². The number of nitrogens with two attached hydrogens (primary N) is 1. The van der Waals surface area contributed by atoms with Crippen molar-refractivity contribution in [2.75, 3.05) is 7.05 Å². The van der Waals surface area contributed by atoms with Crippen LogP contribution in [-0.4, -0.2) is 23.3 Å². The number of thioether (sulfide) groups is 1. The molecule has 0 saturated carbocycles. The Kier molecular flexibility index (Phi) is 4.77. The fraction of sp³-hybridized carbons (Fsp3) is 0.333. The van der Waals surface area contributed by atoms with E-state index >= 15 is 0 Å². The van der Waals surface area contributed by atoms with Gasteiger partial charge in [0.15, 0.2) is 0 Å². The number of hydrogen-bond donors (Lipinski definition) is 1. The molecular weight excluding hydrogens is 249 g/mol. The summed E-state index contributed by atoms with van der Waals surface area (Å²) < 4.78 is 36.1. The number of nitriles is 1. The highest BCUT2D eigenvalue weighted by Gasteiger charge is 2.37. The van der Waals surface area contributed by atoms with Crippen molar-refractivity contribution in [3.05, 3.63) is 20.7 Å². The number of halogens is 3. The van der Waals surface area contributed by atoms with Gasteiger partial charge in [0, 0.05) is 0 Å². The van der Waals surface area contributed by atoms with Crippen molar-refractivity contribution in [2.45, 2.75) is 5.51 Å². The number of amidine groups is 1. The lowest BCUT2D eigenvalue weighted by molar-refractivity contribution is -0.348. The molecule has 0 aromatic carbocycles. The first-order valence-corrected chi connectivity index (χ1v) is 4.31. The zero-order valence-corrected chi connectivity index (χ0v) is 8.59. The highest BCUT2D eigenvalue weighted by molar-refractivity contribution is 8.04. The van der Waals surface area contributed by atoms with Crippen LogP contribution in [0.5, 0.6) is 0 Å². The summed E-state index contributed by atoms with van der Waals surface area (Å²) in [7, 11) is 0.930. The van der Waals surface area contributed by atoms with Crippen LogP contribution in [0.2, 0.25) is 0 Å². The van der Waals surface area contributed by atoms with Crippen molar-refractivity contribution in [2.24, 2.45) is 10.7 Å². The minimum atomic E-state index is -4.79. The number of alkyl halides is 3. The highest BCUT2D eigenvalue weighted by Crippen LogP contribution is 2.37. The summed E-state index contributed by atoms with van der Waals surface area (Å²) in [6, 6.07) is 1.21. The molecule has 0 bridgehead atoms. The Hall–Kier alpha value is -1.76. The van der Waals surface area contributed by atoms with E-state index in [-0.39, 0.29) is 0 Å². The molecule has 0 saturated heterocycles. The second kappa shape index (κ2) is 5.36. The minimum absolute atomic E-state index is 0.845. The molecule has 0 aromatic rings. The monoisotopic (exact) mass is 254 g/mol. The molecule has 2 N–H and O–H groups in total. The number of hydrogen-bond acceptors (Lipinski definition) is 6. The Balaban J connectivity index is 5.48. The minimum Gasteiger partial charge on any atom is -0.389 e. The van der Waals surface area contributed by atoms with Crippen LogP contribution in [0.25, 0.3) is 0 Å². The zero-order valence-electron chi connectivity index (χ0n) is 7.78. The van der Waals surface area contributed by atoms with Gasteiger partial charge in [-0.1, -0.05) is 4.99 Å². The van der Waals surface area contributed by atoms with E-state index < -0.39 is 38.6 Å². The Morgan fingerprint density at radius 2 is 2.12 bits per heavy atom. The summed E-state index contributed by atoms with van der Waals surface area (Å²) in [6.45, 7) is 0. The molecule has 0 aliphatic carbocycles. The van der Waals surface area contributed by atoms with E-state index in [9.17, 15) is 23.3 Å². The maximum absolute atomic E-state index is 12.0. The molecule has 0 radical (unpaired) electrons. The SMILES string of the molecule is CN=C(C(SC(F)(F)F)=C(N)C#N)[N+](=O)[O-]. The molecule has 88 valence electrons. The molecule has 0 atom stereocenters. The van der Waals surface area contributed by atoms with Gasteiger partial charge < -0.3 is 15.8 Å². The molecule has 0 unspecified atom stereocenters.